The number of rotatable bonds is 10. The molecule has 2 unspecified atom stereocenters. The van der Waals surface area contributed by atoms with E-state index in [-0.39, 0.29) is 41.0 Å². The number of amides is 2. The molecule has 48 heavy (non-hydrogen) atoms. The van der Waals surface area contributed by atoms with E-state index < -0.39 is 27.3 Å². The average Bonchev–Trinajstić information content (AvgIpc) is 3.56. The Labute approximate surface area is 303 Å². The molecular weight excluding hydrogens is 635 g/mol. The SMILES string of the molecule is CC(NC(=O)c1ccc(CC(C(=O)N(c2ccccc2)c2ccc3cccc-3o2)c2ccc(C3CCCCC3)cc2)cc1)S(=O)(=O)O.[Na]. The fourth-order valence-electron chi connectivity index (χ4n) is 6.33. The van der Waals surface area contributed by atoms with Crippen LogP contribution in [0.15, 0.2) is 114 Å². The molecule has 1 saturated carbocycles. The van der Waals surface area contributed by atoms with Crippen LogP contribution in [0.5, 0.6) is 0 Å². The average molecular weight is 674 g/mol. The molecule has 2 amide bonds. The summed E-state index contributed by atoms with van der Waals surface area (Å²) in [4.78, 5) is 29.1. The molecule has 0 spiro atoms. The largest absolute Gasteiger partial charge is 0.440 e. The molecule has 6 rings (SSSR count). The summed E-state index contributed by atoms with van der Waals surface area (Å²) in [6, 6.07) is 34.1. The molecule has 1 heterocycles. The Morgan fingerprint density at radius 3 is 2.21 bits per heavy atom. The summed E-state index contributed by atoms with van der Waals surface area (Å²) in [6.07, 6.45) is 6.45. The molecule has 0 bridgehead atoms. The molecule has 2 atom stereocenters. The maximum absolute atomic E-state index is 14.8. The second kappa shape index (κ2) is 15.7. The summed E-state index contributed by atoms with van der Waals surface area (Å²) in [5.41, 5.74) is 4.83. The van der Waals surface area contributed by atoms with Crippen LogP contribution in [0.4, 0.5) is 11.6 Å². The molecule has 2 aliphatic carbocycles. The van der Waals surface area contributed by atoms with Gasteiger partial charge in [-0.1, -0.05) is 86.0 Å². The molecule has 1 aliphatic heterocycles. The number of para-hydroxylation sites is 1. The van der Waals surface area contributed by atoms with Gasteiger partial charge in [0.1, 0.15) is 5.76 Å². The second-order valence-electron chi connectivity index (χ2n) is 12.2. The number of nitrogens with one attached hydrogen (secondary N) is 1. The fraction of sp³-hybridized carbons (Fsp3) is 0.263. The molecule has 2 N–H and O–H groups in total. The van der Waals surface area contributed by atoms with Crippen LogP contribution in [0.25, 0.3) is 11.3 Å². The van der Waals surface area contributed by atoms with E-state index in [1.165, 1.54) is 44.6 Å². The van der Waals surface area contributed by atoms with Crippen molar-refractivity contribution >= 4 is 63.1 Å². The van der Waals surface area contributed by atoms with Crippen molar-refractivity contribution in [1.29, 1.82) is 0 Å². The van der Waals surface area contributed by atoms with Gasteiger partial charge in [0, 0.05) is 46.8 Å². The van der Waals surface area contributed by atoms with Gasteiger partial charge in [0.25, 0.3) is 16.0 Å². The Balaban J connectivity index is 0.00000451. The number of carbonyl (C=O) groups is 2. The quantitative estimate of drug-likeness (QED) is 0.116. The van der Waals surface area contributed by atoms with Crippen molar-refractivity contribution < 1.29 is 27.0 Å². The van der Waals surface area contributed by atoms with Gasteiger partial charge < -0.3 is 9.73 Å². The molecular formula is C38H38N2NaO6S. The molecule has 3 aromatic carbocycles. The summed E-state index contributed by atoms with van der Waals surface area (Å²) in [6.45, 7) is 1.19. The fourth-order valence-corrected chi connectivity index (χ4v) is 6.58. The van der Waals surface area contributed by atoms with Crippen molar-refractivity contribution in [2.75, 3.05) is 4.90 Å². The molecule has 0 aromatic heterocycles. The predicted molar refractivity (Wildman–Crippen MR) is 188 cm³/mol. The van der Waals surface area contributed by atoms with Gasteiger partial charge >= 0.3 is 0 Å². The number of carbonyl (C=O) groups excluding carboxylic acids is 2. The third kappa shape index (κ3) is 8.28. The van der Waals surface area contributed by atoms with Crippen molar-refractivity contribution in [2.24, 2.45) is 0 Å². The van der Waals surface area contributed by atoms with E-state index in [1.54, 1.807) is 29.2 Å². The minimum absolute atomic E-state index is 0. The molecule has 1 fully saturated rings. The molecule has 3 aliphatic rings. The molecule has 8 nitrogen and oxygen atoms in total. The van der Waals surface area contributed by atoms with Gasteiger partial charge in [0.05, 0.1) is 11.6 Å². The van der Waals surface area contributed by atoms with Gasteiger partial charge in [-0.15, -0.1) is 0 Å². The van der Waals surface area contributed by atoms with Crippen molar-refractivity contribution in [3.8, 4) is 11.3 Å². The van der Waals surface area contributed by atoms with Crippen LogP contribution in [-0.4, -0.2) is 59.7 Å². The Bertz CT molecular complexity index is 1900. The third-order valence-corrected chi connectivity index (χ3v) is 10.0. The number of fused-ring (bicyclic) bond motifs is 1. The van der Waals surface area contributed by atoms with Crippen LogP contribution in [0.3, 0.4) is 0 Å². The van der Waals surface area contributed by atoms with Crippen molar-refractivity contribution in [1.82, 2.24) is 5.32 Å². The van der Waals surface area contributed by atoms with Crippen molar-refractivity contribution in [3.05, 3.63) is 131 Å². The van der Waals surface area contributed by atoms with Crippen LogP contribution >= 0.6 is 0 Å². The van der Waals surface area contributed by atoms with Crippen molar-refractivity contribution in [2.45, 2.75) is 62.7 Å². The van der Waals surface area contributed by atoms with Crippen LogP contribution in [0.1, 0.15) is 77.9 Å². The van der Waals surface area contributed by atoms with Crippen molar-refractivity contribution in [3.63, 3.8) is 0 Å². The first kappa shape index (κ1) is 35.6. The van der Waals surface area contributed by atoms with E-state index in [2.05, 4.69) is 29.6 Å². The van der Waals surface area contributed by atoms with E-state index >= 15 is 0 Å². The molecule has 0 saturated heterocycles. The zero-order valence-corrected chi connectivity index (χ0v) is 30.0. The van der Waals surface area contributed by atoms with E-state index in [0.717, 1.165) is 16.7 Å². The maximum Gasteiger partial charge on any atom is 0.285 e. The van der Waals surface area contributed by atoms with Gasteiger partial charge in [0.15, 0.2) is 5.37 Å². The van der Waals surface area contributed by atoms with Crippen LogP contribution < -0.4 is 10.2 Å². The number of benzene rings is 3. The first-order valence-electron chi connectivity index (χ1n) is 16.0. The zero-order chi connectivity index (χ0) is 33.0. The number of hydrogen-bond acceptors (Lipinski definition) is 5. The first-order chi connectivity index (χ1) is 22.7. The molecule has 243 valence electrons. The first-order valence-corrected chi connectivity index (χ1v) is 17.5. The molecule has 10 heteroatoms. The van der Waals surface area contributed by atoms with E-state index in [0.29, 0.717) is 29.7 Å². The Hall–Kier alpha value is -3.73. The summed E-state index contributed by atoms with van der Waals surface area (Å²) in [7, 11) is -4.43. The minimum atomic E-state index is -4.43. The Kier molecular flexibility index (Phi) is 11.6. The van der Waals surface area contributed by atoms with Crippen LogP contribution in [-0.2, 0) is 21.3 Å². The minimum Gasteiger partial charge on any atom is -0.440 e. The second-order valence-corrected chi connectivity index (χ2v) is 14.0. The Morgan fingerprint density at radius 1 is 0.854 bits per heavy atom. The van der Waals surface area contributed by atoms with Gasteiger partial charge in [-0.2, -0.15) is 8.42 Å². The third-order valence-electron chi connectivity index (χ3n) is 9.03. The smallest absolute Gasteiger partial charge is 0.285 e. The normalized spacial score (nSPS) is 14.9. The monoisotopic (exact) mass is 673 g/mol. The number of nitrogens with zero attached hydrogens (tertiary/aromatic N) is 1. The Morgan fingerprint density at radius 2 is 1.54 bits per heavy atom. The molecule has 3 aromatic rings. The standard InChI is InChI=1S/C38H38N2O6S.Na/c1-26(47(43,44)45)39-37(41)32-17-15-27(16-18-32)25-34(30-21-19-29(20-22-30)28-9-4-2-5-10-28)38(42)40(33-12-6-3-7-13-33)36-24-23-31-11-8-14-35(31)46-36;/h3,6-8,11-24,26,28,34H,2,4-5,9-10,25H2,1H3,(H,39,41)(H,43,44,45);. The summed E-state index contributed by atoms with van der Waals surface area (Å²) >= 11 is 0. The van der Waals surface area contributed by atoms with Gasteiger partial charge in [-0.05, 0) is 85.2 Å². The summed E-state index contributed by atoms with van der Waals surface area (Å²) in [5.74, 6) is 0.225. The van der Waals surface area contributed by atoms with E-state index in [4.69, 9.17) is 4.42 Å². The predicted octanol–water partition coefficient (Wildman–Crippen LogP) is 7.71. The number of hydrogen-bond donors (Lipinski definition) is 2. The molecule has 1 radical (unpaired) electrons. The van der Waals surface area contributed by atoms with Gasteiger partial charge in [-0.3, -0.25) is 19.0 Å². The summed E-state index contributed by atoms with van der Waals surface area (Å²) in [5, 5.41) is 0.838. The van der Waals surface area contributed by atoms with Gasteiger partial charge in [0.2, 0.25) is 11.8 Å². The van der Waals surface area contributed by atoms with E-state index in [9.17, 15) is 22.6 Å². The maximum atomic E-state index is 14.8. The summed E-state index contributed by atoms with van der Waals surface area (Å²) < 4.78 is 38.3. The zero-order valence-electron chi connectivity index (χ0n) is 27.2. The topological polar surface area (TPSA) is 117 Å². The van der Waals surface area contributed by atoms with Crippen LogP contribution in [0, 0.1) is 0 Å². The van der Waals surface area contributed by atoms with E-state index in [1.807, 2.05) is 60.7 Å². The van der Waals surface area contributed by atoms with Gasteiger partial charge in [-0.25, -0.2) is 0 Å². The van der Waals surface area contributed by atoms with Crippen LogP contribution in [0.2, 0.25) is 0 Å². The number of anilines is 2.